The summed E-state index contributed by atoms with van der Waals surface area (Å²) < 4.78 is 19.2. The first-order valence-corrected chi connectivity index (χ1v) is 13.8. The van der Waals surface area contributed by atoms with E-state index in [1.807, 2.05) is 0 Å². The fraction of sp³-hybridized carbons (Fsp3) is 0.536. The Labute approximate surface area is 239 Å². The molecule has 1 aliphatic carbocycles. The molecule has 0 spiro atoms. The van der Waals surface area contributed by atoms with E-state index in [-0.39, 0.29) is 5.75 Å². The average molecular weight is 574 g/mol. The number of anilines is 4. The second-order valence-electron chi connectivity index (χ2n) is 10.2. The van der Waals surface area contributed by atoms with Gasteiger partial charge in [-0.05, 0) is 58.0 Å². The Balaban J connectivity index is 0.000000507. The third kappa shape index (κ3) is 10.5. The van der Waals surface area contributed by atoms with E-state index in [4.69, 9.17) is 24.9 Å². The number of hydrogen-bond donors (Lipinski definition) is 4. The van der Waals surface area contributed by atoms with E-state index in [9.17, 15) is 14.0 Å². The summed E-state index contributed by atoms with van der Waals surface area (Å²) in [6, 6.07) is 5.48. The highest BCUT2D eigenvalue weighted by atomic mass is 19.1. The normalized spacial score (nSPS) is 16.8. The number of hydrogen-bond acceptors (Lipinski definition) is 10. The Morgan fingerprint density at radius 2 is 1.61 bits per heavy atom. The predicted molar refractivity (Wildman–Crippen MR) is 155 cm³/mol. The molecule has 0 amide bonds. The van der Waals surface area contributed by atoms with Crippen molar-refractivity contribution in [1.82, 2.24) is 19.9 Å². The quantitative estimate of drug-likeness (QED) is 0.252. The number of nitrogens with one attached hydrogen (secondary N) is 2. The minimum atomic E-state index is -1.26. The van der Waals surface area contributed by atoms with E-state index in [1.165, 1.54) is 38.9 Å². The Morgan fingerprint density at radius 1 is 1.00 bits per heavy atom. The maximum absolute atomic E-state index is 14.2. The predicted octanol–water partition coefficient (Wildman–Crippen LogP) is 4.14. The van der Waals surface area contributed by atoms with Gasteiger partial charge in [0.15, 0.2) is 11.6 Å². The lowest BCUT2D eigenvalue weighted by atomic mass is 10.0. The van der Waals surface area contributed by atoms with E-state index in [0.29, 0.717) is 47.8 Å². The number of likely N-dealkylation sites (tertiary alicyclic amines) is 1. The Hall–Kier alpha value is -4.00. The Morgan fingerprint density at radius 3 is 2.17 bits per heavy atom. The third-order valence-corrected chi connectivity index (χ3v) is 7.14. The van der Waals surface area contributed by atoms with Gasteiger partial charge in [0.05, 0.1) is 7.11 Å². The molecule has 2 aliphatic rings. The van der Waals surface area contributed by atoms with Gasteiger partial charge in [0.2, 0.25) is 17.8 Å². The van der Waals surface area contributed by atoms with Crippen LogP contribution < -0.4 is 20.3 Å². The number of benzene rings is 1. The van der Waals surface area contributed by atoms with E-state index < -0.39 is 17.8 Å². The molecule has 0 unspecified atom stereocenters. The molecular formula is C28H40FN7O5. The molecule has 0 radical (unpaired) electrons. The van der Waals surface area contributed by atoms with Crippen LogP contribution in [0.4, 0.5) is 27.9 Å². The summed E-state index contributed by atoms with van der Waals surface area (Å²) in [5, 5.41) is 22.3. The molecule has 12 nitrogen and oxygen atoms in total. The number of carbonyl (C=O) groups is 2. The minimum Gasteiger partial charge on any atom is -0.494 e. The molecule has 4 rings (SSSR count). The summed E-state index contributed by atoms with van der Waals surface area (Å²) >= 11 is 0. The van der Waals surface area contributed by atoms with Gasteiger partial charge >= 0.3 is 11.9 Å². The molecule has 224 valence electrons. The number of aliphatic carboxylic acids is 2. The van der Waals surface area contributed by atoms with Gasteiger partial charge < -0.3 is 35.4 Å². The van der Waals surface area contributed by atoms with Crippen LogP contribution in [-0.2, 0) is 9.59 Å². The van der Waals surface area contributed by atoms with Crippen LogP contribution >= 0.6 is 0 Å². The lowest BCUT2D eigenvalue weighted by Gasteiger charge is -2.35. The van der Waals surface area contributed by atoms with Crippen molar-refractivity contribution in [2.45, 2.75) is 63.5 Å². The third-order valence-electron chi connectivity index (χ3n) is 7.14. The smallest absolute Gasteiger partial charge is 0.328 e. The number of halogens is 1. The van der Waals surface area contributed by atoms with Crippen LogP contribution in [0.2, 0.25) is 0 Å². The van der Waals surface area contributed by atoms with Crippen molar-refractivity contribution in [1.29, 1.82) is 0 Å². The van der Waals surface area contributed by atoms with Crippen molar-refractivity contribution in [3.63, 3.8) is 0 Å². The fourth-order valence-electron chi connectivity index (χ4n) is 4.81. The molecule has 2 fully saturated rings. The molecular weight excluding hydrogens is 533 g/mol. The number of nitrogens with zero attached hydrogens (tertiary/aromatic N) is 5. The first-order valence-electron chi connectivity index (χ1n) is 13.8. The van der Waals surface area contributed by atoms with Gasteiger partial charge in [0, 0.05) is 43.0 Å². The van der Waals surface area contributed by atoms with Gasteiger partial charge in [0.25, 0.3) is 0 Å². The Bertz CT molecular complexity index is 1170. The molecule has 4 N–H and O–H groups in total. The topological polar surface area (TPSA) is 153 Å². The zero-order valence-corrected chi connectivity index (χ0v) is 23.8. The summed E-state index contributed by atoms with van der Waals surface area (Å²) in [6.45, 7) is 2.12. The zero-order valence-electron chi connectivity index (χ0n) is 23.8. The first kappa shape index (κ1) is 31.5. The van der Waals surface area contributed by atoms with Crippen LogP contribution in [0.5, 0.6) is 5.75 Å². The molecule has 1 saturated carbocycles. The summed E-state index contributed by atoms with van der Waals surface area (Å²) in [4.78, 5) is 37.7. The average Bonchev–Trinajstić information content (AvgIpc) is 3.21. The van der Waals surface area contributed by atoms with Crippen molar-refractivity contribution < 1.29 is 28.9 Å². The number of methoxy groups -OCH3 is 1. The largest absolute Gasteiger partial charge is 0.494 e. The van der Waals surface area contributed by atoms with Gasteiger partial charge in [-0.25, -0.2) is 14.0 Å². The monoisotopic (exact) mass is 573 g/mol. The Kier molecular flexibility index (Phi) is 12.1. The van der Waals surface area contributed by atoms with Crippen LogP contribution in [-0.4, -0.2) is 88.4 Å². The first-order chi connectivity index (χ1) is 19.6. The lowest BCUT2D eigenvalue weighted by molar-refractivity contribution is -0.134. The number of piperidine rings is 1. The summed E-state index contributed by atoms with van der Waals surface area (Å²) in [7, 11) is 5.66. The van der Waals surface area contributed by atoms with Crippen molar-refractivity contribution in [2.75, 3.05) is 49.8 Å². The van der Waals surface area contributed by atoms with Gasteiger partial charge in [-0.15, -0.1) is 0 Å². The minimum absolute atomic E-state index is 0.203. The number of rotatable bonds is 9. The lowest BCUT2D eigenvalue weighted by Crippen LogP contribution is -2.42. The second-order valence-corrected chi connectivity index (χ2v) is 10.2. The van der Waals surface area contributed by atoms with Crippen LogP contribution in [0.25, 0.3) is 0 Å². The van der Waals surface area contributed by atoms with E-state index >= 15 is 0 Å². The molecule has 41 heavy (non-hydrogen) atoms. The number of aromatic nitrogens is 3. The van der Waals surface area contributed by atoms with Gasteiger partial charge in [-0.1, -0.05) is 25.7 Å². The van der Waals surface area contributed by atoms with Crippen molar-refractivity contribution in [3.8, 4) is 5.75 Å². The molecule has 2 heterocycles. The van der Waals surface area contributed by atoms with Crippen LogP contribution in [0.1, 0.15) is 51.4 Å². The number of carboxylic acids is 2. The zero-order chi connectivity index (χ0) is 29.8. The van der Waals surface area contributed by atoms with Crippen molar-refractivity contribution >= 4 is 35.5 Å². The molecule has 13 heteroatoms. The van der Waals surface area contributed by atoms with Gasteiger partial charge in [0.1, 0.15) is 0 Å². The summed E-state index contributed by atoms with van der Waals surface area (Å²) in [6.07, 6.45) is 10.5. The van der Waals surface area contributed by atoms with Crippen molar-refractivity contribution in [2.24, 2.45) is 0 Å². The summed E-state index contributed by atoms with van der Waals surface area (Å²) in [5.74, 6) is -1.14. The van der Waals surface area contributed by atoms with Gasteiger partial charge in [-0.3, -0.25) is 0 Å². The van der Waals surface area contributed by atoms with Gasteiger partial charge in [-0.2, -0.15) is 15.0 Å². The second kappa shape index (κ2) is 15.7. The number of carboxylic acid groups (broad SMARTS) is 2. The molecule has 1 saturated heterocycles. The van der Waals surface area contributed by atoms with Crippen LogP contribution in [0.15, 0.2) is 30.4 Å². The standard InChI is InChI=1S/C24H36FN7O.C4H4O4/c1-31-14-12-19(13-15-31)32(2)24-29-22(26-17-8-6-4-5-7-9-17)28-23(30-24)27-18-10-11-21(33-3)20(25)16-18;5-3(6)1-2-4(7)8/h10-11,16-17,19H,4-9,12-15H2,1-3H3,(H2,26,27,28,29,30);1-2H,(H,5,6)(H,7,8)/b;2-1-. The highest BCUT2D eigenvalue weighted by Crippen LogP contribution is 2.26. The number of ether oxygens (including phenoxy) is 1. The highest BCUT2D eigenvalue weighted by molar-refractivity contribution is 5.89. The van der Waals surface area contributed by atoms with Crippen LogP contribution in [0, 0.1) is 5.82 Å². The highest BCUT2D eigenvalue weighted by Gasteiger charge is 2.24. The maximum Gasteiger partial charge on any atom is 0.328 e. The molecule has 1 aromatic carbocycles. The van der Waals surface area contributed by atoms with E-state index in [0.717, 1.165) is 38.8 Å². The van der Waals surface area contributed by atoms with E-state index in [1.54, 1.807) is 12.1 Å². The molecule has 1 aromatic heterocycles. The SMILES string of the molecule is COc1ccc(Nc2nc(NC3CCCCCC3)nc(N(C)C3CCN(C)CC3)n2)cc1F.O=C(O)/C=C\C(=O)O. The van der Waals surface area contributed by atoms with E-state index in [2.05, 4.69) is 39.5 Å². The molecule has 0 atom stereocenters. The summed E-state index contributed by atoms with van der Waals surface area (Å²) in [5.41, 5.74) is 0.563. The van der Waals surface area contributed by atoms with Crippen molar-refractivity contribution in [3.05, 3.63) is 36.2 Å². The molecule has 1 aliphatic heterocycles. The van der Waals surface area contributed by atoms with Crippen LogP contribution in [0.3, 0.4) is 0 Å². The maximum atomic E-state index is 14.2. The molecule has 0 bridgehead atoms. The molecule has 2 aromatic rings. The fourth-order valence-corrected chi connectivity index (χ4v) is 4.81.